The molecule has 4 heterocycles. The fraction of sp³-hybridized carbons (Fsp3) is 0.643. The van der Waals surface area contributed by atoms with Crippen molar-refractivity contribution in [3.8, 4) is 17.4 Å². The molecule has 7 atom stereocenters. The van der Waals surface area contributed by atoms with Crippen LogP contribution in [0.5, 0.6) is 17.4 Å². The zero-order chi connectivity index (χ0) is 40.0. The van der Waals surface area contributed by atoms with E-state index in [-0.39, 0.29) is 55.3 Å². The predicted octanol–water partition coefficient (Wildman–Crippen LogP) is 5.68. The van der Waals surface area contributed by atoms with Crippen LogP contribution in [0, 0.1) is 29.1 Å². The Morgan fingerprint density at radius 2 is 1.82 bits per heavy atom. The van der Waals surface area contributed by atoms with Crippen molar-refractivity contribution in [1.82, 2.24) is 14.6 Å². The summed E-state index contributed by atoms with van der Waals surface area (Å²) < 4.78 is 52.3. The molecule has 13 nitrogen and oxygen atoms in total. The number of nitrogens with one attached hydrogen (secondary N) is 1. The highest BCUT2D eigenvalue weighted by atomic mass is 32.2. The monoisotopic (exact) mass is 793 g/mol. The van der Waals surface area contributed by atoms with E-state index in [0.717, 1.165) is 18.2 Å². The smallest absolute Gasteiger partial charge is 0.307 e. The predicted molar refractivity (Wildman–Crippen MR) is 207 cm³/mol. The number of hydrogen-bond acceptors (Lipinski definition) is 11. The lowest BCUT2D eigenvalue weighted by molar-refractivity contribution is -0.161. The summed E-state index contributed by atoms with van der Waals surface area (Å²) in [5.74, 6) is -1.43. The van der Waals surface area contributed by atoms with Gasteiger partial charge in [-0.15, -0.1) is 0 Å². The molecule has 7 rings (SSSR count). The van der Waals surface area contributed by atoms with Crippen molar-refractivity contribution in [2.75, 3.05) is 19.8 Å². The number of aromatic nitrogens is 1. The molecule has 0 unspecified atom stereocenters. The van der Waals surface area contributed by atoms with E-state index in [1.54, 1.807) is 12.3 Å². The van der Waals surface area contributed by atoms with Crippen LogP contribution in [0.2, 0.25) is 0 Å². The maximum atomic E-state index is 14.9. The Labute approximate surface area is 329 Å². The second kappa shape index (κ2) is 15.6. The van der Waals surface area contributed by atoms with Gasteiger partial charge in [0.05, 0.1) is 35.6 Å². The van der Waals surface area contributed by atoms with E-state index < -0.39 is 56.2 Å². The number of hydrogen-bond donors (Lipinski definition) is 1. The summed E-state index contributed by atoms with van der Waals surface area (Å²) in [5, 5.41) is 0.836. The van der Waals surface area contributed by atoms with Gasteiger partial charge in [0.1, 0.15) is 24.9 Å². The lowest BCUT2D eigenvalue weighted by atomic mass is 9.82. The average molecular weight is 794 g/mol. The quantitative estimate of drug-likeness (QED) is 0.245. The van der Waals surface area contributed by atoms with Crippen molar-refractivity contribution in [2.24, 2.45) is 29.1 Å². The number of rotatable bonds is 9. The zero-order valence-electron chi connectivity index (χ0n) is 33.1. The zero-order valence-corrected chi connectivity index (χ0v) is 33.9. The van der Waals surface area contributed by atoms with Crippen LogP contribution < -0.4 is 18.9 Å². The number of fused-ring (bicyclic) bond motifs is 5. The Morgan fingerprint density at radius 3 is 2.57 bits per heavy atom. The molecule has 2 aromatic rings. The van der Waals surface area contributed by atoms with Crippen LogP contribution in [0.25, 0.3) is 10.8 Å². The van der Waals surface area contributed by atoms with Gasteiger partial charge in [0.2, 0.25) is 27.7 Å². The number of benzene rings is 1. The van der Waals surface area contributed by atoms with Crippen LogP contribution >= 0.6 is 0 Å². The molecule has 0 spiro atoms. The number of nitrogens with zero attached hydrogens (tertiary/aromatic N) is 2. The van der Waals surface area contributed by atoms with Gasteiger partial charge >= 0.3 is 5.97 Å². The Morgan fingerprint density at radius 1 is 1.05 bits per heavy atom. The number of amides is 2. The summed E-state index contributed by atoms with van der Waals surface area (Å²) in [6, 6.07) is 4.48. The van der Waals surface area contributed by atoms with Gasteiger partial charge < -0.3 is 23.8 Å². The summed E-state index contributed by atoms with van der Waals surface area (Å²) in [4.78, 5) is 63.0. The molecule has 3 aliphatic heterocycles. The van der Waals surface area contributed by atoms with Crippen LogP contribution in [0.3, 0.4) is 0 Å². The van der Waals surface area contributed by atoms with Crippen molar-refractivity contribution < 1.29 is 46.5 Å². The molecule has 1 aromatic carbocycles. The first kappa shape index (κ1) is 40.0. The highest BCUT2D eigenvalue weighted by Gasteiger charge is 2.61. The Balaban J connectivity index is 1.22. The van der Waals surface area contributed by atoms with E-state index in [2.05, 4.69) is 16.6 Å². The van der Waals surface area contributed by atoms with Gasteiger partial charge in [0.25, 0.3) is 0 Å². The highest BCUT2D eigenvalue weighted by molar-refractivity contribution is 7.90. The molecule has 2 aliphatic carbocycles. The minimum Gasteiger partial charge on any atom is -0.486 e. The molecule has 2 amide bonds. The number of ether oxygens (including phenoxy) is 4. The van der Waals surface area contributed by atoms with Gasteiger partial charge in [-0.25, -0.2) is 13.4 Å². The summed E-state index contributed by atoms with van der Waals surface area (Å²) >= 11 is 0. The van der Waals surface area contributed by atoms with E-state index in [1.807, 2.05) is 52.0 Å². The van der Waals surface area contributed by atoms with Gasteiger partial charge in [0, 0.05) is 29.8 Å². The number of Topliss-reactive ketones (excluding diaryl/α,β-unsaturated/α-hetero) is 1. The van der Waals surface area contributed by atoms with Gasteiger partial charge in [-0.3, -0.25) is 23.9 Å². The second-order valence-corrected chi connectivity index (χ2v) is 19.3. The van der Waals surface area contributed by atoms with Crippen molar-refractivity contribution in [2.45, 2.75) is 122 Å². The normalized spacial score (nSPS) is 30.3. The molecule has 304 valence electrons. The third-order valence-electron chi connectivity index (χ3n) is 12.5. The maximum Gasteiger partial charge on any atom is 0.307 e. The minimum atomic E-state index is -3.86. The summed E-state index contributed by atoms with van der Waals surface area (Å²) in [6.07, 6.45) is 8.78. The molecule has 14 heteroatoms. The molecule has 5 aliphatic rings. The van der Waals surface area contributed by atoms with Crippen LogP contribution in [0.1, 0.15) is 98.8 Å². The van der Waals surface area contributed by atoms with Gasteiger partial charge in [-0.2, -0.15) is 0 Å². The molecule has 2 saturated carbocycles. The van der Waals surface area contributed by atoms with Crippen LogP contribution in [0.15, 0.2) is 36.5 Å². The number of carbonyl (C=O) groups is 4. The fourth-order valence-electron chi connectivity index (χ4n) is 8.58. The standard InChI is InChI=1S/C42H55N3O10S/c1-6-41(4,5)55-36(47)21-32-26(3)19-25(2)9-7-8-10-27-22-42(27,40(49)44-56(50,51)29-11-12-29)23-34(46)33-20-28(24-45(33)39(32)48)54-38-31-13-14-35-37(53-18-17-52-35)30(31)15-16-43-38/h8,10,13-16,25-29,32-33H,6-7,9,11-12,17-24H2,1-5H3,(H,44,49)/b10-8-/t25-,26-,27-,28-,32+,33+,42-/m1/s1. The molecular formula is C42H55N3O10S. The number of allylic oxidation sites excluding steroid dienone is 2. The van der Waals surface area contributed by atoms with Gasteiger partial charge in [0.15, 0.2) is 17.3 Å². The molecule has 1 saturated heterocycles. The largest absolute Gasteiger partial charge is 0.486 e. The first-order chi connectivity index (χ1) is 26.6. The van der Waals surface area contributed by atoms with Crippen LogP contribution in [-0.2, 0) is 33.9 Å². The Bertz CT molecular complexity index is 2010. The van der Waals surface area contributed by atoms with E-state index in [1.165, 1.54) is 4.90 Å². The minimum absolute atomic E-state index is 0.0463. The van der Waals surface area contributed by atoms with Gasteiger partial charge in [-0.1, -0.05) is 32.9 Å². The van der Waals surface area contributed by atoms with Gasteiger partial charge in [-0.05, 0) is 94.7 Å². The lowest BCUT2D eigenvalue weighted by Gasteiger charge is -2.33. The van der Waals surface area contributed by atoms with Crippen molar-refractivity contribution in [3.63, 3.8) is 0 Å². The van der Waals surface area contributed by atoms with E-state index in [9.17, 15) is 27.6 Å². The third-order valence-corrected chi connectivity index (χ3v) is 14.3. The molecule has 1 N–H and O–H groups in total. The Kier molecular flexibility index (Phi) is 11.2. The first-order valence-electron chi connectivity index (χ1n) is 20.2. The second-order valence-electron chi connectivity index (χ2n) is 17.3. The molecule has 0 radical (unpaired) electrons. The number of carbonyl (C=O) groups excluding carboxylic acids is 4. The average Bonchev–Trinajstić information content (AvgIpc) is 4.08. The number of pyridine rings is 1. The molecule has 3 fully saturated rings. The SMILES string of the molecule is CCC(C)(C)OC(=O)C[C@@H]1C(=O)N2C[C@H](Oc3nccc4c5c(ccc34)OCCO5)C[C@H]2C(=O)C[C@]2(C(=O)NS(=O)(=O)C3CC3)C[C@H]2/C=C\CC[C@@H](C)C[C@H]1C. The fourth-order valence-corrected chi connectivity index (χ4v) is 9.96. The summed E-state index contributed by atoms with van der Waals surface area (Å²) in [6.45, 7) is 10.6. The van der Waals surface area contributed by atoms with E-state index in [4.69, 9.17) is 18.9 Å². The molecule has 1 aromatic heterocycles. The Hall–Kier alpha value is -4.20. The van der Waals surface area contributed by atoms with Crippen LogP contribution in [0.4, 0.5) is 0 Å². The summed E-state index contributed by atoms with van der Waals surface area (Å²) in [7, 11) is -3.86. The number of ketones is 1. The lowest BCUT2D eigenvalue weighted by Crippen LogP contribution is -2.47. The topological polar surface area (TPSA) is 168 Å². The summed E-state index contributed by atoms with van der Waals surface area (Å²) in [5.41, 5.74) is -1.96. The highest BCUT2D eigenvalue weighted by Crippen LogP contribution is 2.57. The third kappa shape index (κ3) is 8.40. The van der Waals surface area contributed by atoms with Crippen LogP contribution in [-0.4, -0.2) is 84.6 Å². The van der Waals surface area contributed by atoms with E-state index in [0.29, 0.717) is 68.1 Å². The van der Waals surface area contributed by atoms with E-state index >= 15 is 0 Å². The molecular weight excluding hydrogens is 739 g/mol. The van der Waals surface area contributed by atoms with Crippen molar-refractivity contribution >= 4 is 44.4 Å². The molecule has 56 heavy (non-hydrogen) atoms. The first-order valence-corrected chi connectivity index (χ1v) is 21.8. The maximum absolute atomic E-state index is 14.9. The van der Waals surface area contributed by atoms with Crippen molar-refractivity contribution in [1.29, 1.82) is 0 Å². The van der Waals surface area contributed by atoms with Crippen molar-refractivity contribution in [3.05, 3.63) is 36.5 Å². The number of esters is 1. The molecule has 0 bridgehead atoms. The number of sulfonamides is 1.